The summed E-state index contributed by atoms with van der Waals surface area (Å²) in [7, 11) is 0. The summed E-state index contributed by atoms with van der Waals surface area (Å²) >= 11 is 0. The molecule has 184 valence electrons. The lowest BCUT2D eigenvalue weighted by Crippen LogP contribution is -2.59. The molecule has 4 aromatic rings. The summed E-state index contributed by atoms with van der Waals surface area (Å²) in [5, 5.41) is 7.14. The van der Waals surface area contributed by atoms with Crippen molar-refractivity contribution in [3.05, 3.63) is 126 Å². The zero-order valence-electron chi connectivity index (χ0n) is 20.3. The molecule has 0 bridgehead atoms. The first-order valence-corrected chi connectivity index (χ1v) is 12.0. The molecular weight excluding hydrogens is 462 g/mol. The summed E-state index contributed by atoms with van der Waals surface area (Å²) in [5.41, 5.74) is 9.25. The minimum absolute atomic E-state index is 0.337. The number of benzene rings is 4. The quantitative estimate of drug-likeness (QED) is 0.236. The number of hydrogen-bond acceptors (Lipinski definition) is 8. The predicted molar refractivity (Wildman–Crippen MR) is 150 cm³/mol. The van der Waals surface area contributed by atoms with Gasteiger partial charge in [0.15, 0.2) is 11.7 Å². The van der Waals surface area contributed by atoms with Gasteiger partial charge in [-0.2, -0.15) is 5.43 Å². The Morgan fingerprint density at radius 1 is 0.676 bits per heavy atom. The third kappa shape index (κ3) is 5.39. The van der Waals surface area contributed by atoms with E-state index in [-0.39, 0.29) is 0 Å². The van der Waals surface area contributed by atoms with Gasteiger partial charge >= 0.3 is 0 Å². The number of aliphatic imine (C=N–C) groups is 2. The van der Waals surface area contributed by atoms with Gasteiger partial charge in [0.1, 0.15) is 0 Å². The van der Waals surface area contributed by atoms with Crippen LogP contribution in [0, 0.1) is 4.91 Å². The van der Waals surface area contributed by atoms with E-state index in [1.807, 2.05) is 138 Å². The number of rotatable bonds is 8. The summed E-state index contributed by atoms with van der Waals surface area (Å²) in [6.07, 6.45) is 1.53. The minimum Gasteiger partial charge on any atom is -0.275 e. The van der Waals surface area contributed by atoms with Crippen molar-refractivity contribution in [3.63, 3.8) is 0 Å². The molecule has 2 unspecified atom stereocenters. The molecule has 0 spiro atoms. The normalized spacial score (nSPS) is 18.5. The number of nitrogens with one attached hydrogen (secondary N) is 2. The predicted octanol–water partition coefficient (Wildman–Crippen LogP) is 5.96. The van der Waals surface area contributed by atoms with Crippen molar-refractivity contribution in [2.75, 3.05) is 10.0 Å². The van der Waals surface area contributed by atoms with E-state index in [1.165, 1.54) is 6.21 Å². The average molecular weight is 490 g/mol. The molecule has 0 saturated carbocycles. The molecular formula is C29H27N7O. The Hall–Kier alpha value is -4.82. The van der Waals surface area contributed by atoms with Gasteiger partial charge in [-0.1, -0.05) is 78.0 Å². The molecule has 0 aromatic heterocycles. The highest BCUT2D eigenvalue weighted by Gasteiger charge is 2.39. The molecule has 37 heavy (non-hydrogen) atoms. The van der Waals surface area contributed by atoms with E-state index >= 15 is 0 Å². The van der Waals surface area contributed by atoms with E-state index in [2.05, 4.69) is 21.0 Å². The first-order chi connectivity index (χ1) is 18.2. The summed E-state index contributed by atoms with van der Waals surface area (Å²) in [5.74, 6) is 0.337. The summed E-state index contributed by atoms with van der Waals surface area (Å²) in [6.45, 7) is 1.83. The maximum absolute atomic E-state index is 11.9. The van der Waals surface area contributed by atoms with Gasteiger partial charge in [0.25, 0.3) is 0 Å². The Kier molecular flexibility index (Phi) is 7.00. The third-order valence-electron chi connectivity index (χ3n) is 5.97. The standard InChI is InChI=1S/C29H27N7O/c1-29(34-36(25-18-10-4-11-19-25)26-20-12-5-13-21-26)27(33-37)22-30-28(31-29)32-35(23-14-6-2-7-15-23)24-16-8-3-9-17-24/h2-22,27,34H,1H3,(H,31,32). The van der Waals surface area contributed by atoms with Gasteiger partial charge in [0, 0.05) is 6.21 Å². The zero-order chi connectivity index (χ0) is 25.5. The number of nitrogens with zero attached hydrogens (tertiary/aromatic N) is 5. The second-order valence-electron chi connectivity index (χ2n) is 8.65. The molecule has 8 nitrogen and oxygen atoms in total. The second-order valence-corrected chi connectivity index (χ2v) is 8.65. The first-order valence-electron chi connectivity index (χ1n) is 12.0. The Morgan fingerprint density at radius 2 is 1.08 bits per heavy atom. The Morgan fingerprint density at radius 3 is 1.49 bits per heavy atom. The van der Waals surface area contributed by atoms with Crippen molar-refractivity contribution in [1.82, 2.24) is 10.9 Å². The highest BCUT2D eigenvalue weighted by Crippen LogP contribution is 2.28. The highest BCUT2D eigenvalue weighted by molar-refractivity contribution is 5.94. The van der Waals surface area contributed by atoms with Crippen molar-refractivity contribution in [2.24, 2.45) is 15.2 Å². The van der Waals surface area contributed by atoms with Gasteiger partial charge in [-0.25, -0.2) is 9.98 Å². The van der Waals surface area contributed by atoms with E-state index in [4.69, 9.17) is 4.99 Å². The smallest absolute Gasteiger partial charge is 0.239 e. The van der Waals surface area contributed by atoms with Crippen LogP contribution < -0.4 is 20.9 Å². The van der Waals surface area contributed by atoms with Crippen molar-refractivity contribution in [3.8, 4) is 0 Å². The second kappa shape index (κ2) is 10.8. The number of hydrogen-bond donors (Lipinski definition) is 2. The molecule has 0 radical (unpaired) electrons. The van der Waals surface area contributed by atoms with Crippen molar-refractivity contribution < 1.29 is 0 Å². The molecule has 2 atom stereocenters. The molecule has 0 saturated heterocycles. The van der Waals surface area contributed by atoms with Crippen molar-refractivity contribution >= 4 is 34.9 Å². The third-order valence-corrected chi connectivity index (χ3v) is 5.97. The van der Waals surface area contributed by atoms with E-state index in [9.17, 15) is 4.91 Å². The molecule has 4 aromatic carbocycles. The fourth-order valence-corrected chi connectivity index (χ4v) is 4.07. The van der Waals surface area contributed by atoms with Crippen LogP contribution in [0.2, 0.25) is 0 Å². The summed E-state index contributed by atoms with van der Waals surface area (Å²) < 4.78 is 0. The van der Waals surface area contributed by atoms with Gasteiger partial charge in [-0.3, -0.25) is 15.4 Å². The number of guanidine groups is 1. The molecule has 1 aliphatic rings. The van der Waals surface area contributed by atoms with Gasteiger partial charge < -0.3 is 0 Å². The fraction of sp³-hybridized carbons (Fsp3) is 0.103. The van der Waals surface area contributed by atoms with Crippen LogP contribution in [0.15, 0.2) is 136 Å². The van der Waals surface area contributed by atoms with Crippen LogP contribution >= 0.6 is 0 Å². The number of anilines is 4. The van der Waals surface area contributed by atoms with Gasteiger partial charge in [0.2, 0.25) is 5.96 Å². The van der Waals surface area contributed by atoms with Gasteiger partial charge in [-0.15, -0.1) is 4.91 Å². The van der Waals surface area contributed by atoms with Crippen molar-refractivity contribution in [2.45, 2.75) is 18.6 Å². The number of nitroso groups, excluding NO2 is 1. The first kappa shape index (κ1) is 23.9. The van der Waals surface area contributed by atoms with Crippen LogP contribution in [0.5, 0.6) is 0 Å². The largest absolute Gasteiger partial charge is 0.275 e. The minimum atomic E-state index is -1.13. The molecule has 0 aliphatic carbocycles. The Bertz CT molecular complexity index is 1290. The van der Waals surface area contributed by atoms with Crippen LogP contribution in [-0.2, 0) is 0 Å². The lowest BCUT2D eigenvalue weighted by Gasteiger charge is -2.38. The van der Waals surface area contributed by atoms with Crippen LogP contribution in [-0.4, -0.2) is 23.9 Å². The Labute approximate surface area is 215 Å². The SMILES string of the molecule is CC1(NN(c2ccccc2)c2ccccc2)N=C(NN(c2ccccc2)c2ccccc2)N=CC1N=O. The van der Waals surface area contributed by atoms with Crippen LogP contribution in [0.3, 0.4) is 0 Å². The van der Waals surface area contributed by atoms with E-state index in [0.29, 0.717) is 5.96 Å². The van der Waals surface area contributed by atoms with Crippen molar-refractivity contribution in [1.29, 1.82) is 0 Å². The maximum atomic E-state index is 11.9. The van der Waals surface area contributed by atoms with Gasteiger partial charge in [0.05, 0.1) is 22.7 Å². The summed E-state index contributed by atoms with van der Waals surface area (Å²) in [6, 6.07) is 38.6. The van der Waals surface area contributed by atoms with Crippen LogP contribution in [0.4, 0.5) is 22.7 Å². The molecule has 1 heterocycles. The van der Waals surface area contributed by atoms with Gasteiger partial charge in [-0.05, 0) is 55.5 Å². The molecule has 8 heteroatoms. The lowest BCUT2D eigenvalue weighted by molar-refractivity contribution is 0.350. The molecule has 1 aliphatic heterocycles. The molecule has 2 N–H and O–H groups in total. The summed E-state index contributed by atoms with van der Waals surface area (Å²) in [4.78, 5) is 21.2. The Balaban J connectivity index is 1.51. The maximum Gasteiger partial charge on any atom is 0.239 e. The van der Waals surface area contributed by atoms with E-state index in [1.54, 1.807) is 0 Å². The molecule has 0 amide bonds. The monoisotopic (exact) mass is 489 g/mol. The number of hydrazine groups is 2. The average Bonchev–Trinajstić information content (AvgIpc) is 2.96. The molecule has 0 fully saturated rings. The topological polar surface area (TPSA) is 84.7 Å². The van der Waals surface area contributed by atoms with E-state index < -0.39 is 11.7 Å². The fourth-order valence-electron chi connectivity index (χ4n) is 4.07. The zero-order valence-corrected chi connectivity index (χ0v) is 20.3. The van der Waals surface area contributed by atoms with Crippen LogP contribution in [0.25, 0.3) is 0 Å². The lowest BCUT2D eigenvalue weighted by atomic mass is 10.0. The van der Waals surface area contributed by atoms with E-state index in [0.717, 1.165) is 22.7 Å². The highest BCUT2D eigenvalue weighted by atomic mass is 16.3. The molecule has 5 rings (SSSR count). The van der Waals surface area contributed by atoms with Crippen LogP contribution in [0.1, 0.15) is 6.92 Å². The number of para-hydroxylation sites is 4.